The monoisotopic (exact) mass is 633 g/mol. The van der Waals surface area contributed by atoms with Crippen molar-refractivity contribution >= 4 is 15.9 Å². The molecule has 2 atom stereocenters. The van der Waals surface area contributed by atoms with Gasteiger partial charge >= 0.3 is 0 Å². The zero-order valence-corrected chi connectivity index (χ0v) is 25.9. The minimum Gasteiger partial charge on any atom is -0.390 e. The first kappa shape index (κ1) is 32.4. The lowest BCUT2D eigenvalue weighted by atomic mass is 10.00. The number of fused-ring (bicyclic) bond motifs is 1. The van der Waals surface area contributed by atoms with Gasteiger partial charge in [-0.2, -0.15) is 4.31 Å². The quantitative estimate of drug-likeness (QED) is 0.209. The van der Waals surface area contributed by atoms with Crippen LogP contribution in [0.3, 0.4) is 0 Å². The number of aliphatic hydroxyl groups is 1. The van der Waals surface area contributed by atoms with E-state index in [9.17, 15) is 27.1 Å². The van der Waals surface area contributed by atoms with E-state index in [1.165, 1.54) is 34.1 Å². The number of benzene rings is 4. The van der Waals surface area contributed by atoms with Gasteiger partial charge in [0.15, 0.2) is 0 Å². The predicted octanol–water partition coefficient (Wildman–Crippen LogP) is 4.77. The van der Waals surface area contributed by atoms with Gasteiger partial charge in [0.25, 0.3) is 5.91 Å². The van der Waals surface area contributed by atoms with Crippen molar-refractivity contribution in [1.82, 2.24) is 14.9 Å². The molecule has 0 bridgehead atoms. The third kappa shape index (κ3) is 8.20. The second-order valence-electron chi connectivity index (χ2n) is 11.3. The molecule has 0 radical (unpaired) electrons. The first-order valence-electron chi connectivity index (χ1n) is 15.0. The summed E-state index contributed by atoms with van der Waals surface area (Å²) < 4.78 is 56.1. The summed E-state index contributed by atoms with van der Waals surface area (Å²) in [6, 6.07) is 23.6. The molecule has 0 aromatic heterocycles. The number of rotatable bonds is 12. The average molecular weight is 634 g/mol. The molecule has 1 aliphatic heterocycles. The maximum Gasteiger partial charge on any atom is 0.251 e. The average Bonchev–Trinajstić information content (AvgIpc) is 3.03. The second kappa shape index (κ2) is 14.4. The minimum atomic E-state index is -3.79. The minimum absolute atomic E-state index is 0.0303. The van der Waals surface area contributed by atoms with Crippen molar-refractivity contribution in [3.8, 4) is 0 Å². The predicted molar refractivity (Wildman–Crippen MR) is 169 cm³/mol. The Hall–Kier alpha value is -3.96. The lowest BCUT2D eigenvalue weighted by Crippen LogP contribution is -2.48. The lowest BCUT2D eigenvalue weighted by molar-refractivity contribution is 0.0829. The molecule has 3 N–H and O–H groups in total. The van der Waals surface area contributed by atoms with Crippen LogP contribution in [-0.2, 0) is 42.4 Å². The Balaban J connectivity index is 1.27. The molecule has 1 amide bonds. The third-order valence-corrected chi connectivity index (χ3v) is 9.95. The largest absolute Gasteiger partial charge is 0.390 e. The Kier molecular flexibility index (Phi) is 10.4. The van der Waals surface area contributed by atoms with Crippen LogP contribution in [0.5, 0.6) is 0 Å². The van der Waals surface area contributed by atoms with E-state index in [1.54, 1.807) is 0 Å². The number of halogens is 2. The van der Waals surface area contributed by atoms with Crippen molar-refractivity contribution in [1.29, 1.82) is 0 Å². The smallest absolute Gasteiger partial charge is 0.251 e. The zero-order chi connectivity index (χ0) is 32.0. The number of hydrogen-bond donors (Lipinski definition) is 3. The highest BCUT2D eigenvalue weighted by Gasteiger charge is 2.29. The van der Waals surface area contributed by atoms with Gasteiger partial charge in [-0.05, 0) is 83.5 Å². The summed E-state index contributed by atoms with van der Waals surface area (Å²) in [4.78, 5) is 13.4. The number of carbonyl (C=O) groups excluding carboxylic acids is 1. The molecule has 7 nitrogen and oxygen atoms in total. The summed E-state index contributed by atoms with van der Waals surface area (Å²) in [5.74, 6) is -2.07. The van der Waals surface area contributed by atoms with E-state index in [4.69, 9.17) is 0 Å². The molecule has 4 aromatic carbocycles. The van der Waals surface area contributed by atoms with Gasteiger partial charge in [0.05, 0.1) is 17.0 Å². The molecule has 0 saturated heterocycles. The van der Waals surface area contributed by atoms with E-state index < -0.39 is 39.7 Å². The van der Waals surface area contributed by atoms with Crippen LogP contribution in [0.1, 0.15) is 45.1 Å². The number of aryl methyl sites for hydroxylation is 1. The van der Waals surface area contributed by atoms with Gasteiger partial charge in [-0.3, -0.25) is 4.79 Å². The van der Waals surface area contributed by atoms with Gasteiger partial charge in [0, 0.05) is 37.8 Å². The van der Waals surface area contributed by atoms with Crippen LogP contribution in [0, 0.1) is 11.6 Å². The van der Waals surface area contributed by atoms with Crippen LogP contribution in [0.4, 0.5) is 8.78 Å². The Morgan fingerprint density at radius 3 is 2.29 bits per heavy atom. The normalized spacial score (nSPS) is 14.8. The van der Waals surface area contributed by atoms with Crippen LogP contribution in [0.25, 0.3) is 0 Å². The number of nitrogens with zero attached hydrogens (tertiary/aromatic N) is 1. The third-order valence-electron chi connectivity index (χ3n) is 8.09. The number of amides is 1. The van der Waals surface area contributed by atoms with E-state index in [1.807, 2.05) is 42.5 Å². The van der Waals surface area contributed by atoms with E-state index in [0.717, 1.165) is 41.3 Å². The van der Waals surface area contributed by atoms with E-state index in [-0.39, 0.29) is 35.5 Å². The van der Waals surface area contributed by atoms with Crippen LogP contribution in [0.15, 0.2) is 95.9 Å². The van der Waals surface area contributed by atoms with Crippen molar-refractivity contribution in [2.75, 3.05) is 13.1 Å². The number of carbonyl (C=O) groups is 1. The van der Waals surface area contributed by atoms with Crippen molar-refractivity contribution < 1.29 is 27.1 Å². The van der Waals surface area contributed by atoms with E-state index in [2.05, 4.69) is 23.6 Å². The van der Waals surface area contributed by atoms with Crippen LogP contribution in [-0.4, -0.2) is 49.0 Å². The molecular formula is C35H37F2N3O4S. The Labute approximate surface area is 263 Å². The van der Waals surface area contributed by atoms with Crippen LogP contribution < -0.4 is 10.6 Å². The fourth-order valence-corrected chi connectivity index (χ4v) is 7.01. The molecule has 0 unspecified atom stereocenters. The molecule has 236 valence electrons. The molecule has 1 heterocycles. The maximum absolute atomic E-state index is 13.9. The maximum atomic E-state index is 13.9. The lowest BCUT2D eigenvalue weighted by Gasteiger charge is -2.28. The standard InChI is InChI=1S/C35H37F2N3O4S/c1-2-24-6-5-7-25(16-24)21-38-22-34(41)33(19-26-17-30(36)20-31(37)18-26)39-35(42)28-10-12-32(13-11-28)45(43,44)40-15-14-27-8-3-4-9-29(27)23-40/h3-13,16-18,20,33-34,38,41H,2,14-15,19,21-23H2,1H3,(H,39,42)/t33-,34+/m0/s1. The molecule has 0 spiro atoms. The van der Waals surface area contributed by atoms with Crippen molar-refractivity contribution in [3.05, 3.63) is 136 Å². The molecular weight excluding hydrogens is 596 g/mol. The summed E-state index contributed by atoms with van der Waals surface area (Å²) in [5, 5.41) is 17.1. The van der Waals surface area contributed by atoms with Crippen molar-refractivity contribution in [2.24, 2.45) is 0 Å². The molecule has 4 aromatic rings. The van der Waals surface area contributed by atoms with Crippen LogP contribution >= 0.6 is 0 Å². The first-order valence-corrected chi connectivity index (χ1v) is 16.5. The topological polar surface area (TPSA) is 98.7 Å². The van der Waals surface area contributed by atoms with Gasteiger partial charge in [0.1, 0.15) is 11.6 Å². The Bertz CT molecular complexity index is 1730. The molecule has 5 rings (SSSR count). The van der Waals surface area contributed by atoms with E-state index >= 15 is 0 Å². The Morgan fingerprint density at radius 2 is 1.58 bits per heavy atom. The molecule has 0 saturated carbocycles. The van der Waals surface area contributed by atoms with Gasteiger partial charge < -0.3 is 15.7 Å². The molecule has 1 aliphatic rings. The SMILES string of the molecule is CCc1cccc(CNC[C@@H](O)[C@H](Cc2cc(F)cc(F)c2)NC(=O)c2ccc(S(=O)(=O)N3CCc4ccccc4C3)cc2)c1. The number of sulfonamides is 1. The first-order chi connectivity index (χ1) is 21.6. The van der Waals surface area contributed by atoms with Crippen molar-refractivity contribution in [3.63, 3.8) is 0 Å². The summed E-state index contributed by atoms with van der Waals surface area (Å²) in [5.41, 5.74) is 4.79. The Morgan fingerprint density at radius 1 is 0.889 bits per heavy atom. The molecule has 0 fully saturated rings. The number of nitrogens with one attached hydrogen (secondary N) is 2. The molecule has 45 heavy (non-hydrogen) atoms. The fourth-order valence-electron chi connectivity index (χ4n) is 5.59. The second-order valence-corrected chi connectivity index (χ2v) is 13.3. The van der Waals surface area contributed by atoms with E-state index in [0.29, 0.717) is 19.5 Å². The zero-order valence-electron chi connectivity index (χ0n) is 25.0. The highest BCUT2D eigenvalue weighted by Crippen LogP contribution is 2.25. The van der Waals surface area contributed by atoms with Gasteiger partial charge in [-0.15, -0.1) is 0 Å². The number of hydrogen-bond acceptors (Lipinski definition) is 5. The van der Waals surface area contributed by atoms with Gasteiger partial charge in [-0.25, -0.2) is 17.2 Å². The summed E-state index contributed by atoms with van der Waals surface area (Å²) >= 11 is 0. The molecule has 0 aliphatic carbocycles. The van der Waals surface area contributed by atoms with Crippen molar-refractivity contribution in [2.45, 2.75) is 56.3 Å². The van der Waals surface area contributed by atoms with Gasteiger partial charge in [0.2, 0.25) is 10.0 Å². The highest BCUT2D eigenvalue weighted by molar-refractivity contribution is 7.89. The highest BCUT2D eigenvalue weighted by atomic mass is 32.2. The van der Waals surface area contributed by atoms with Gasteiger partial charge in [-0.1, -0.05) is 55.5 Å². The summed E-state index contributed by atoms with van der Waals surface area (Å²) in [6.45, 7) is 3.30. The van der Waals surface area contributed by atoms with Crippen LogP contribution in [0.2, 0.25) is 0 Å². The summed E-state index contributed by atoms with van der Waals surface area (Å²) in [7, 11) is -3.79. The summed E-state index contributed by atoms with van der Waals surface area (Å²) in [6.07, 6.45) is 0.386. The fraction of sp³-hybridized carbons (Fsp3) is 0.286. The number of aliphatic hydroxyl groups excluding tert-OH is 1. The molecule has 10 heteroatoms.